The van der Waals surface area contributed by atoms with Crippen LogP contribution in [0.4, 0.5) is 13.2 Å². The van der Waals surface area contributed by atoms with Crippen LogP contribution in [0, 0.1) is 3.57 Å². The van der Waals surface area contributed by atoms with E-state index in [1.165, 1.54) is 0 Å². The van der Waals surface area contributed by atoms with Gasteiger partial charge in [-0.05, 0) is 0 Å². The van der Waals surface area contributed by atoms with E-state index < -0.39 is 37.2 Å². The van der Waals surface area contributed by atoms with Crippen molar-refractivity contribution < 1.29 is 45.7 Å². The molecule has 0 bridgehead atoms. The summed E-state index contributed by atoms with van der Waals surface area (Å²) < 4.78 is 62.2. The summed E-state index contributed by atoms with van der Waals surface area (Å²) in [4.78, 5) is 0. The third-order valence-electron chi connectivity index (χ3n) is 2.20. The van der Waals surface area contributed by atoms with Crippen LogP contribution in [0.25, 0.3) is 0 Å². The van der Waals surface area contributed by atoms with Gasteiger partial charge in [0.05, 0.1) is 0 Å². The number of benzene rings is 1. The molecule has 0 amide bonds. The fraction of sp³-hybridized carbons (Fsp3) is 0.455. The quantitative estimate of drug-likeness (QED) is 0.523. The van der Waals surface area contributed by atoms with Crippen molar-refractivity contribution >= 4 is 10.1 Å². The summed E-state index contributed by atoms with van der Waals surface area (Å²) in [7, 11) is -5.49. The van der Waals surface area contributed by atoms with Crippen LogP contribution >= 0.6 is 0 Å². The van der Waals surface area contributed by atoms with Gasteiger partial charge in [-0.15, -0.1) is 0 Å². The molecule has 1 aromatic carbocycles. The maximum absolute atomic E-state index is 12.1. The van der Waals surface area contributed by atoms with E-state index in [0.29, 0.717) is 3.57 Å². The van der Waals surface area contributed by atoms with E-state index in [0.717, 1.165) is 5.56 Å². The minimum absolute atomic E-state index is 0.0737. The molecule has 0 unspecified atom stereocenters. The van der Waals surface area contributed by atoms with Crippen LogP contribution in [0.3, 0.4) is 0 Å². The molecule has 0 aliphatic heterocycles. The zero-order chi connectivity index (χ0) is 14.9. The number of hydrogen-bond acceptors (Lipinski definition) is 3. The van der Waals surface area contributed by atoms with Crippen molar-refractivity contribution in [1.82, 2.24) is 0 Å². The zero-order valence-electron chi connectivity index (χ0n) is 10.5. The number of alkyl halides is 3. The van der Waals surface area contributed by atoms with Gasteiger partial charge in [0.25, 0.3) is 0 Å². The third kappa shape index (κ3) is 4.60. The molecule has 0 fully saturated rings. The second-order valence-electron chi connectivity index (χ2n) is 4.80. The predicted octanol–water partition coefficient (Wildman–Crippen LogP) is 0.0239. The van der Waals surface area contributed by atoms with Gasteiger partial charge in [0.1, 0.15) is 0 Å². The van der Waals surface area contributed by atoms with Crippen LogP contribution < -0.4 is 21.6 Å². The van der Waals surface area contributed by atoms with Crippen molar-refractivity contribution in [3.63, 3.8) is 0 Å². The summed E-state index contributed by atoms with van der Waals surface area (Å²) in [5.74, 6) is 0. The first-order valence-corrected chi connectivity index (χ1v) is 8.55. The van der Waals surface area contributed by atoms with Gasteiger partial charge in [-0.2, -0.15) is 0 Å². The minimum atomic E-state index is -5.49. The normalized spacial score (nSPS) is 13.8. The molecule has 0 aromatic heterocycles. The van der Waals surface area contributed by atoms with Gasteiger partial charge in [0.15, 0.2) is 0 Å². The summed E-state index contributed by atoms with van der Waals surface area (Å²) >= 11 is -1.69. The summed E-state index contributed by atoms with van der Waals surface area (Å²) in [6.07, 6.45) is 0. The average Bonchev–Trinajstić information content (AvgIpc) is 2.24. The van der Waals surface area contributed by atoms with Gasteiger partial charge in [-0.25, -0.2) is 0 Å². The third-order valence-corrected chi connectivity index (χ3v) is 6.18. The van der Waals surface area contributed by atoms with Crippen LogP contribution in [0.5, 0.6) is 0 Å². The molecule has 0 saturated carbocycles. The predicted molar refractivity (Wildman–Crippen MR) is 59.9 cm³/mol. The van der Waals surface area contributed by atoms with E-state index in [9.17, 15) is 21.6 Å². The Morgan fingerprint density at radius 2 is 1.53 bits per heavy atom. The van der Waals surface area contributed by atoms with Gasteiger partial charge >= 0.3 is 121 Å². The molecule has 3 nitrogen and oxygen atoms in total. The molecule has 0 spiro atoms. The number of hydrogen-bond donors (Lipinski definition) is 0. The average molecular weight is 409 g/mol. The fourth-order valence-electron chi connectivity index (χ4n) is 1.11. The Morgan fingerprint density at radius 1 is 1.05 bits per heavy atom. The summed E-state index contributed by atoms with van der Waals surface area (Å²) in [6.45, 7) is 6.00. The van der Waals surface area contributed by atoms with Crippen molar-refractivity contribution in [3.05, 3.63) is 33.4 Å². The Kier molecular flexibility index (Phi) is 4.89. The SMILES string of the molecule is CC(C)(C)c1ccc([I-]OS(=O)(=O)C(F)(F)F)cc1. The van der Waals surface area contributed by atoms with E-state index >= 15 is 0 Å². The molecular formula is C11H13F3IO3S-. The summed E-state index contributed by atoms with van der Waals surface area (Å²) in [5, 5.41) is 0. The first kappa shape index (κ1) is 16.7. The molecule has 0 saturated heterocycles. The number of rotatable bonds is 3. The van der Waals surface area contributed by atoms with E-state index in [-0.39, 0.29) is 5.41 Å². The van der Waals surface area contributed by atoms with Crippen LogP contribution in [-0.2, 0) is 18.0 Å². The molecule has 110 valence electrons. The molecule has 0 aliphatic rings. The molecule has 0 N–H and O–H groups in total. The van der Waals surface area contributed by atoms with Crippen molar-refractivity contribution in [2.45, 2.75) is 31.7 Å². The van der Waals surface area contributed by atoms with Gasteiger partial charge in [-0.3, -0.25) is 0 Å². The molecular weight excluding hydrogens is 396 g/mol. The molecule has 0 heterocycles. The Morgan fingerprint density at radius 3 is 1.89 bits per heavy atom. The first-order valence-electron chi connectivity index (χ1n) is 5.19. The van der Waals surface area contributed by atoms with Crippen molar-refractivity contribution in [2.24, 2.45) is 0 Å². The van der Waals surface area contributed by atoms with Crippen molar-refractivity contribution in [2.75, 3.05) is 0 Å². The van der Waals surface area contributed by atoms with Crippen molar-refractivity contribution in [3.8, 4) is 0 Å². The Hall–Kier alpha value is -0.350. The van der Waals surface area contributed by atoms with E-state index in [1.807, 2.05) is 20.8 Å². The second-order valence-corrected chi connectivity index (χ2v) is 9.06. The summed E-state index contributed by atoms with van der Waals surface area (Å²) in [6, 6.07) is 6.72. The fourth-order valence-corrected chi connectivity index (χ4v) is 3.94. The topological polar surface area (TPSA) is 43.4 Å². The van der Waals surface area contributed by atoms with Crippen LogP contribution in [0.15, 0.2) is 24.3 Å². The zero-order valence-corrected chi connectivity index (χ0v) is 13.4. The Bertz CT molecular complexity index is 530. The van der Waals surface area contributed by atoms with E-state index in [1.54, 1.807) is 24.3 Å². The van der Waals surface area contributed by atoms with E-state index in [2.05, 4.69) is 2.51 Å². The van der Waals surface area contributed by atoms with Crippen LogP contribution in [0.2, 0.25) is 0 Å². The van der Waals surface area contributed by atoms with Gasteiger partial charge < -0.3 is 0 Å². The first-order chi connectivity index (χ1) is 8.43. The molecule has 0 atom stereocenters. The van der Waals surface area contributed by atoms with Crippen LogP contribution in [0.1, 0.15) is 26.3 Å². The summed E-state index contributed by atoms with van der Waals surface area (Å²) in [5.41, 5.74) is -4.42. The number of halogens is 4. The molecule has 1 aromatic rings. The monoisotopic (exact) mass is 409 g/mol. The molecule has 0 radical (unpaired) electrons. The standard InChI is InChI=1S/C11H13F3IO3S/c1-10(2,3)8-4-6-9(7-5-8)15-18-19(16,17)11(12,13)14/h4-7H,1-3H3/q-1. The molecule has 19 heavy (non-hydrogen) atoms. The molecule has 0 aliphatic carbocycles. The Labute approximate surface area is 121 Å². The maximum atomic E-state index is 12.1. The van der Waals surface area contributed by atoms with Gasteiger partial charge in [0.2, 0.25) is 0 Å². The Balaban J connectivity index is 2.76. The van der Waals surface area contributed by atoms with Gasteiger partial charge in [-0.1, -0.05) is 0 Å². The molecule has 8 heteroatoms. The second kappa shape index (κ2) is 5.57. The van der Waals surface area contributed by atoms with E-state index in [4.69, 9.17) is 0 Å². The van der Waals surface area contributed by atoms with Gasteiger partial charge in [0, 0.05) is 0 Å². The van der Waals surface area contributed by atoms with Crippen LogP contribution in [-0.4, -0.2) is 13.9 Å². The van der Waals surface area contributed by atoms with Crippen molar-refractivity contribution in [1.29, 1.82) is 0 Å². The molecule has 1 rings (SSSR count).